The fourth-order valence-corrected chi connectivity index (χ4v) is 3.82. The van der Waals surface area contributed by atoms with E-state index in [1.165, 1.54) is 5.56 Å². The molecular weight excluding hydrogens is 374 g/mol. The lowest BCUT2D eigenvalue weighted by atomic mass is 9.98. The molecule has 0 aliphatic carbocycles. The molecule has 1 aliphatic rings. The van der Waals surface area contributed by atoms with E-state index in [1.54, 1.807) is 4.68 Å². The molecule has 1 aliphatic heterocycles. The molecule has 150 valence electrons. The van der Waals surface area contributed by atoms with Crippen LogP contribution in [0.1, 0.15) is 28.3 Å². The zero-order chi connectivity index (χ0) is 20.9. The molecule has 0 amide bonds. The van der Waals surface area contributed by atoms with E-state index >= 15 is 0 Å². The van der Waals surface area contributed by atoms with Crippen molar-refractivity contribution in [2.75, 3.05) is 23.7 Å². The third-order valence-electron chi connectivity index (χ3n) is 5.37. The number of nitriles is 2. The van der Waals surface area contributed by atoms with Crippen LogP contribution in [0.2, 0.25) is 0 Å². The lowest BCUT2D eigenvalue weighted by Crippen LogP contribution is -2.44. The van der Waals surface area contributed by atoms with E-state index < -0.39 is 0 Å². The molecule has 0 bridgehead atoms. The van der Waals surface area contributed by atoms with Crippen LogP contribution in [0.5, 0.6) is 0 Å². The Bertz CT molecular complexity index is 1100. The number of anilines is 2. The Kier molecular flexibility index (Phi) is 5.65. The highest BCUT2D eigenvalue weighted by atomic mass is 15.2. The summed E-state index contributed by atoms with van der Waals surface area (Å²) in [6.07, 6.45) is 4.75. The number of para-hydroxylation sites is 1. The lowest BCUT2D eigenvalue weighted by molar-refractivity contribution is 0.472. The van der Waals surface area contributed by atoms with Gasteiger partial charge in [0.05, 0.1) is 46.9 Å². The van der Waals surface area contributed by atoms with Gasteiger partial charge in [0.2, 0.25) is 0 Å². The summed E-state index contributed by atoms with van der Waals surface area (Å²) in [5, 5.41) is 33.5. The average molecular weight is 397 g/mol. The van der Waals surface area contributed by atoms with Crippen molar-refractivity contribution < 1.29 is 0 Å². The number of nitrogens with zero attached hydrogens (tertiary/aromatic N) is 4. The van der Waals surface area contributed by atoms with Crippen LogP contribution in [0.25, 0.3) is 0 Å². The van der Waals surface area contributed by atoms with Gasteiger partial charge in [-0.3, -0.25) is 4.68 Å². The van der Waals surface area contributed by atoms with Crippen LogP contribution in [0.4, 0.5) is 11.4 Å². The molecule has 7 nitrogen and oxygen atoms in total. The van der Waals surface area contributed by atoms with Crippen molar-refractivity contribution in [1.82, 2.24) is 15.1 Å². The topological polar surface area (TPSA) is 101 Å². The second-order valence-electron chi connectivity index (χ2n) is 7.41. The molecule has 3 N–H and O–H groups in total. The molecule has 0 spiro atoms. The van der Waals surface area contributed by atoms with E-state index in [0.717, 1.165) is 36.4 Å². The maximum atomic E-state index is 9.48. The quantitative estimate of drug-likeness (QED) is 0.591. The molecule has 1 aromatic heterocycles. The van der Waals surface area contributed by atoms with Crippen LogP contribution in [0.15, 0.2) is 54.9 Å². The molecular formula is C23H23N7. The zero-order valence-corrected chi connectivity index (χ0v) is 16.8. The van der Waals surface area contributed by atoms with Gasteiger partial charge < -0.3 is 16.0 Å². The molecule has 0 saturated heterocycles. The van der Waals surface area contributed by atoms with Gasteiger partial charge in [0, 0.05) is 25.4 Å². The summed E-state index contributed by atoms with van der Waals surface area (Å²) < 4.78 is 1.80. The summed E-state index contributed by atoms with van der Waals surface area (Å²) in [7, 11) is 1.91. The second kappa shape index (κ2) is 8.69. The number of hydrogen-bond acceptors (Lipinski definition) is 6. The van der Waals surface area contributed by atoms with Gasteiger partial charge in [-0.2, -0.15) is 15.6 Å². The summed E-state index contributed by atoms with van der Waals surface area (Å²) in [5.41, 5.74) is 5.37. The fraction of sp³-hybridized carbons (Fsp3) is 0.261. The first-order valence-corrected chi connectivity index (χ1v) is 9.92. The first-order chi connectivity index (χ1) is 14.7. The molecule has 0 fully saturated rings. The van der Waals surface area contributed by atoms with Gasteiger partial charge in [-0.25, -0.2) is 0 Å². The van der Waals surface area contributed by atoms with Gasteiger partial charge in [0.25, 0.3) is 0 Å². The van der Waals surface area contributed by atoms with Gasteiger partial charge in [0.1, 0.15) is 6.07 Å². The molecule has 0 radical (unpaired) electrons. The van der Waals surface area contributed by atoms with E-state index in [0.29, 0.717) is 11.1 Å². The van der Waals surface area contributed by atoms with Gasteiger partial charge in [0.15, 0.2) is 0 Å². The van der Waals surface area contributed by atoms with Crippen molar-refractivity contribution in [3.05, 3.63) is 77.1 Å². The largest absolute Gasteiger partial charge is 0.381 e. The standard InChI is InChI=1S/C23H23N7/c1-30-15-19(13-28-30)22(26-10-9-16-5-7-17(11-24)8-6-16)21-14-27-20-4-2-3-18(12-25)23(20)29-21/h2-8,13,15,21-22,26-27,29H,9-10,14H2,1H3. The van der Waals surface area contributed by atoms with Crippen molar-refractivity contribution in [1.29, 1.82) is 10.5 Å². The van der Waals surface area contributed by atoms with Gasteiger partial charge in [-0.1, -0.05) is 18.2 Å². The van der Waals surface area contributed by atoms with E-state index in [9.17, 15) is 5.26 Å². The summed E-state index contributed by atoms with van der Waals surface area (Å²) >= 11 is 0. The SMILES string of the molecule is Cn1cc(C(NCCc2ccc(C#N)cc2)C2CNc3cccc(C#N)c3N2)cn1. The number of benzene rings is 2. The fourth-order valence-electron chi connectivity index (χ4n) is 3.82. The summed E-state index contributed by atoms with van der Waals surface area (Å²) in [6, 6.07) is 17.9. The molecule has 2 unspecified atom stereocenters. The number of hydrogen-bond donors (Lipinski definition) is 3. The molecule has 0 saturated carbocycles. The Morgan fingerprint density at radius 1 is 1.20 bits per heavy atom. The van der Waals surface area contributed by atoms with E-state index in [-0.39, 0.29) is 12.1 Å². The normalized spacial score (nSPS) is 15.8. The molecule has 2 atom stereocenters. The summed E-state index contributed by atoms with van der Waals surface area (Å²) in [4.78, 5) is 0. The average Bonchev–Trinajstić information content (AvgIpc) is 3.22. The van der Waals surface area contributed by atoms with Gasteiger partial charge >= 0.3 is 0 Å². The van der Waals surface area contributed by atoms with Crippen LogP contribution in [-0.4, -0.2) is 28.9 Å². The van der Waals surface area contributed by atoms with Gasteiger partial charge in [-0.05, 0) is 42.8 Å². The van der Waals surface area contributed by atoms with E-state index in [4.69, 9.17) is 5.26 Å². The minimum absolute atomic E-state index is 0.0180. The summed E-state index contributed by atoms with van der Waals surface area (Å²) in [6.45, 7) is 1.50. The molecule has 4 rings (SSSR count). The highest BCUT2D eigenvalue weighted by Crippen LogP contribution is 2.32. The lowest BCUT2D eigenvalue weighted by Gasteiger charge is -2.34. The zero-order valence-electron chi connectivity index (χ0n) is 16.8. The molecule has 2 aromatic carbocycles. The van der Waals surface area contributed by atoms with Crippen LogP contribution in [-0.2, 0) is 13.5 Å². The third kappa shape index (κ3) is 4.12. The van der Waals surface area contributed by atoms with E-state index in [1.807, 2.05) is 61.9 Å². The van der Waals surface area contributed by atoms with Crippen LogP contribution >= 0.6 is 0 Å². The monoisotopic (exact) mass is 397 g/mol. The minimum atomic E-state index is 0.0180. The second-order valence-corrected chi connectivity index (χ2v) is 7.41. The first-order valence-electron chi connectivity index (χ1n) is 9.92. The predicted molar refractivity (Wildman–Crippen MR) is 116 cm³/mol. The highest BCUT2D eigenvalue weighted by Gasteiger charge is 2.28. The van der Waals surface area contributed by atoms with Crippen molar-refractivity contribution in [3.63, 3.8) is 0 Å². The first kappa shape index (κ1) is 19.5. The molecule has 3 aromatic rings. The summed E-state index contributed by atoms with van der Waals surface area (Å²) in [5.74, 6) is 0. The Labute approximate surface area is 176 Å². The van der Waals surface area contributed by atoms with Gasteiger partial charge in [-0.15, -0.1) is 0 Å². The number of nitrogens with one attached hydrogen (secondary N) is 3. The smallest absolute Gasteiger partial charge is 0.101 e. The Morgan fingerprint density at radius 2 is 2.03 bits per heavy atom. The number of rotatable bonds is 6. The number of fused-ring (bicyclic) bond motifs is 1. The van der Waals surface area contributed by atoms with Crippen LogP contribution < -0.4 is 16.0 Å². The van der Waals surface area contributed by atoms with Crippen molar-refractivity contribution in [2.24, 2.45) is 7.05 Å². The number of aromatic nitrogens is 2. The maximum Gasteiger partial charge on any atom is 0.101 e. The Hall–Kier alpha value is -3.81. The Morgan fingerprint density at radius 3 is 2.73 bits per heavy atom. The molecule has 30 heavy (non-hydrogen) atoms. The van der Waals surface area contributed by atoms with Crippen LogP contribution in [0, 0.1) is 22.7 Å². The third-order valence-corrected chi connectivity index (χ3v) is 5.37. The predicted octanol–water partition coefficient (Wildman–Crippen LogP) is 2.94. The Balaban J connectivity index is 1.50. The number of aryl methyl sites for hydroxylation is 1. The molecule has 2 heterocycles. The van der Waals surface area contributed by atoms with Crippen LogP contribution in [0.3, 0.4) is 0 Å². The van der Waals surface area contributed by atoms with Crippen molar-refractivity contribution in [2.45, 2.75) is 18.5 Å². The van der Waals surface area contributed by atoms with Crippen molar-refractivity contribution >= 4 is 11.4 Å². The molecule has 7 heteroatoms. The van der Waals surface area contributed by atoms with E-state index in [2.05, 4.69) is 33.2 Å². The highest BCUT2D eigenvalue weighted by molar-refractivity contribution is 5.77. The van der Waals surface area contributed by atoms with Crippen molar-refractivity contribution in [3.8, 4) is 12.1 Å². The maximum absolute atomic E-state index is 9.48. The minimum Gasteiger partial charge on any atom is -0.381 e.